The van der Waals surface area contributed by atoms with Crippen molar-refractivity contribution in [3.05, 3.63) is 58.1 Å². The molecule has 2 aromatic rings. The van der Waals surface area contributed by atoms with Crippen molar-refractivity contribution in [2.45, 2.75) is 31.1 Å². The molecule has 1 aliphatic heterocycles. The fourth-order valence-corrected chi connectivity index (χ4v) is 4.31. The average molecular weight is 389 g/mol. The number of nitrogens with zero attached hydrogens (tertiary/aromatic N) is 2. The van der Waals surface area contributed by atoms with E-state index in [0.717, 1.165) is 18.9 Å². The lowest BCUT2D eigenvalue weighted by molar-refractivity contribution is -0.385. The van der Waals surface area contributed by atoms with Gasteiger partial charge < -0.3 is 4.90 Å². The molecule has 1 saturated heterocycles. The topological polar surface area (TPSA) is 110 Å². The number of hydrogen-bond donors (Lipinski definition) is 1. The van der Waals surface area contributed by atoms with Gasteiger partial charge in [0.1, 0.15) is 0 Å². The Bertz CT molecular complexity index is 987. The summed E-state index contributed by atoms with van der Waals surface area (Å²) in [6.07, 6.45) is 2.34. The van der Waals surface area contributed by atoms with E-state index in [2.05, 4.69) is 4.72 Å². The van der Waals surface area contributed by atoms with Gasteiger partial charge in [-0.3, -0.25) is 19.6 Å². The van der Waals surface area contributed by atoms with E-state index in [-0.39, 0.29) is 16.5 Å². The van der Waals surface area contributed by atoms with E-state index in [1.165, 1.54) is 12.1 Å². The number of nitro groups is 1. The highest BCUT2D eigenvalue weighted by atomic mass is 32.2. The van der Waals surface area contributed by atoms with Gasteiger partial charge in [0.2, 0.25) is 5.91 Å². The van der Waals surface area contributed by atoms with Gasteiger partial charge in [-0.2, -0.15) is 0 Å². The average Bonchev–Trinajstić information content (AvgIpc) is 2.62. The summed E-state index contributed by atoms with van der Waals surface area (Å²) in [5.74, 6) is 0.0572. The van der Waals surface area contributed by atoms with E-state index >= 15 is 0 Å². The molecule has 27 heavy (non-hydrogen) atoms. The highest BCUT2D eigenvalue weighted by Crippen LogP contribution is 2.26. The van der Waals surface area contributed by atoms with Crippen molar-refractivity contribution < 1.29 is 18.1 Å². The summed E-state index contributed by atoms with van der Waals surface area (Å²) in [4.78, 5) is 23.8. The lowest BCUT2D eigenvalue weighted by atomic mass is 10.1. The molecule has 0 radical (unpaired) electrons. The van der Waals surface area contributed by atoms with Gasteiger partial charge in [0, 0.05) is 36.5 Å². The quantitative estimate of drug-likeness (QED) is 0.624. The van der Waals surface area contributed by atoms with E-state index < -0.39 is 14.9 Å². The van der Waals surface area contributed by atoms with Gasteiger partial charge in [-0.25, -0.2) is 8.42 Å². The summed E-state index contributed by atoms with van der Waals surface area (Å²) >= 11 is 0. The van der Waals surface area contributed by atoms with E-state index in [1.807, 2.05) is 0 Å². The zero-order chi connectivity index (χ0) is 19.6. The summed E-state index contributed by atoms with van der Waals surface area (Å²) in [5, 5.41) is 10.9. The SMILES string of the molecule is Cc1ccc([N+](=O)[O-])cc1S(=O)(=O)Nc1ccc(N2CCCCC2=O)cc1. The van der Waals surface area contributed by atoms with Crippen molar-refractivity contribution in [1.29, 1.82) is 0 Å². The number of piperidine rings is 1. The smallest absolute Gasteiger partial charge is 0.270 e. The van der Waals surface area contributed by atoms with Crippen LogP contribution in [0.1, 0.15) is 24.8 Å². The summed E-state index contributed by atoms with van der Waals surface area (Å²) in [7, 11) is -3.98. The largest absolute Gasteiger partial charge is 0.312 e. The number of benzene rings is 2. The second-order valence-corrected chi connectivity index (χ2v) is 8.01. The molecule has 3 rings (SSSR count). The van der Waals surface area contributed by atoms with Crippen LogP contribution in [0.2, 0.25) is 0 Å². The first-order valence-electron chi connectivity index (χ1n) is 8.46. The molecule has 1 aliphatic rings. The van der Waals surface area contributed by atoms with Crippen LogP contribution >= 0.6 is 0 Å². The minimum absolute atomic E-state index is 0.0572. The monoisotopic (exact) mass is 389 g/mol. The number of amides is 1. The maximum absolute atomic E-state index is 12.6. The summed E-state index contributed by atoms with van der Waals surface area (Å²) in [6.45, 7) is 2.22. The Morgan fingerprint density at radius 2 is 1.81 bits per heavy atom. The molecular formula is C18H19N3O5S. The first-order valence-corrected chi connectivity index (χ1v) is 9.94. The van der Waals surface area contributed by atoms with E-state index in [1.54, 1.807) is 36.1 Å². The number of carbonyl (C=O) groups excluding carboxylic acids is 1. The van der Waals surface area contributed by atoms with Gasteiger partial charge in [0.25, 0.3) is 15.7 Å². The van der Waals surface area contributed by atoms with Crippen LogP contribution in [0.3, 0.4) is 0 Å². The van der Waals surface area contributed by atoms with Crippen LogP contribution in [0.5, 0.6) is 0 Å². The van der Waals surface area contributed by atoms with Gasteiger partial charge >= 0.3 is 0 Å². The maximum Gasteiger partial charge on any atom is 0.270 e. The van der Waals surface area contributed by atoms with Gasteiger partial charge in [-0.1, -0.05) is 6.07 Å². The van der Waals surface area contributed by atoms with Gasteiger partial charge in [-0.05, 0) is 49.6 Å². The second kappa shape index (κ2) is 7.36. The van der Waals surface area contributed by atoms with E-state index in [0.29, 0.717) is 29.9 Å². The molecule has 0 unspecified atom stereocenters. The minimum Gasteiger partial charge on any atom is -0.312 e. The highest BCUT2D eigenvalue weighted by molar-refractivity contribution is 7.92. The molecule has 1 fully saturated rings. The van der Waals surface area contributed by atoms with Gasteiger partial charge in [-0.15, -0.1) is 0 Å². The third-order valence-electron chi connectivity index (χ3n) is 4.43. The summed E-state index contributed by atoms with van der Waals surface area (Å²) in [5.41, 5.74) is 1.15. The number of carbonyl (C=O) groups is 1. The van der Waals surface area contributed by atoms with Crippen LogP contribution < -0.4 is 9.62 Å². The molecule has 1 amide bonds. The Labute approximate surface area is 157 Å². The first-order chi connectivity index (χ1) is 12.8. The standard InChI is InChI=1S/C18H19N3O5S/c1-13-5-8-16(21(23)24)12-17(13)27(25,26)19-14-6-9-15(10-7-14)20-11-3-2-4-18(20)22/h5-10,12,19H,2-4,11H2,1H3. The molecule has 9 heteroatoms. The van der Waals surface area contributed by atoms with Crippen LogP contribution in [0, 0.1) is 17.0 Å². The summed E-state index contributed by atoms with van der Waals surface area (Å²) in [6, 6.07) is 10.2. The lowest BCUT2D eigenvalue weighted by Gasteiger charge is -2.26. The van der Waals surface area contributed by atoms with Crippen molar-refractivity contribution in [1.82, 2.24) is 0 Å². The Hall–Kier alpha value is -2.94. The molecule has 0 spiro atoms. The Kier molecular flexibility index (Phi) is 5.13. The molecule has 142 valence electrons. The Balaban J connectivity index is 1.83. The lowest BCUT2D eigenvalue weighted by Crippen LogP contribution is -2.35. The van der Waals surface area contributed by atoms with Crippen LogP contribution in [0.4, 0.5) is 17.1 Å². The number of non-ortho nitro benzene ring substituents is 1. The molecule has 8 nitrogen and oxygen atoms in total. The summed E-state index contributed by atoms with van der Waals surface area (Å²) < 4.78 is 27.7. The minimum atomic E-state index is -3.98. The molecule has 1 N–H and O–H groups in total. The van der Waals surface area contributed by atoms with Crippen molar-refractivity contribution >= 4 is 33.0 Å². The molecule has 0 aliphatic carbocycles. The van der Waals surface area contributed by atoms with Gasteiger partial charge in [0.05, 0.1) is 9.82 Å². The normalized spacial score (nSPS) is 14.9. The fourth-order valence-electron chi connectivity index (χ4n) is 2.99. The zero-order valence-electron chi connectivity index (χ0n) is 14.7. The number of nitro benzene ring substituents is 1. The molecule has 0 atom stereocenters. The van der Waals surface area contributed by atoms with Crippen LogP contribution in [0.15, 0.2) is 47.4 Å². The second-order valence-electron chi connectivity index (χ2n) is 6.36. The van der Waals surface area contributed by atoms with Crippen molar-refractivity contribution in [3.63, 3.8) is 0 Å². The fraction of sp³-hybridized carbons (Fsp3) is 0.278. The van der Waals surface area contributed by atoms with Crippen LogP contribution in [-0.2, 0) is 14.8 Å². The number of rotatable bonds is 5. The molecule has 0 bridgehead atoms. The maximum atomic E-state index is 12.6. The molecule has 0 aromatic heterocycles. The molecule has 0 saturated carbocycles. The number of anilines is 2. The molecule has 1 heterocycles. The Morgan fingerprint density at radius 1 is 1.11 bits per heavy atom. The third kappa shape index (κ3) is 4.08. The number of hydrogen-bond acceptors (Lipinski definition) is 5. The van der Waals surface area contributed by atoms with Gasteiger partial charge in [0.15, 0.2) is 0 Å². The number of aryl methyl sites for hydroxylation is 1. The first kappa shape index (κ1) is 18.8. The predicted molar refractivity (Wildman–Crippen MR) is 101 cm³/mol. The number of sulfonamides is 1. The zero-order valence-corrected chi connectivity index (χ0v) is 15.5. The van der Waals surface area contributed by atoms with Crippen LogP contribution in [-0.4, -0.2) is 25.8 Å². The van der Waals surface area contributed by atoms with Crippen LogP contribution in [0.25, 0.3) is 0 Å². The molecule has 2 aromatic carbocycles. The van der Waals surface area contributed by atoms with Crippen molar-refractivity contribution in [3.8, 4) is 0 Å². The highest BCUT2D eigenvalue weighted by Gasteiger charge is 2.22. The predicted octanol–water partition coefficient (Wildman–Crippen LogP) is 3.22. The van der Waals surface area contributed by atoms with Crippen molar-refractivity contribution in [2.24, 2.45) is 0 Å². The molecular weight excluding hydrogens is 370 g/mol. The van der Waals surface area contributed by atoms with E-state index in [4.69, 9.17) is 0 Å². The Morgan fingerprint density at radius 3 is 2.44 bits per heavy atom. The van der Waals surface area contributed by atoms with E-state index in [9.17, 15) is 23.3 Å². The number of nitrogens with one attached hydrogen (secondary N) is 1. The van der Waals surface area contributed by atoms with Crippen molar-refractivity contribution in [2.75, 3.05) is 16.2 Å². The third-order valence-corrected chi connectivity index (χ3v) is 5.95.